The Morgan fingerprint density at radius 2 is 2.00 bits per heavy atom. The molecule has 0 bridgehead atoms. The fourth-order valence-corrected chi connectivity index (χ4v) is 2.06. The van der Waals surface area contributed by atoms with Crippen LogP contribution in [-0.4, -0.2) is 19.3 Å². The van der Waals surface area contributed by atoms with Gasteiger partial charge < -0.3 is 15.2 Å². The topological polar surface area (TPSA) is 44.5 Å². The number of ether oxygens (including phenoxy) is 2. The van der Waals surface area contributed by atoms with Crippen molar-refractivity contribution in [1.82, 2.24) is 0 Å². The van der Waals surface area contributed by atoms with Crippen LogP contribution in [0.3, 0.4) is 0 Å². The SMILES string of the molecule is CCOc1cc(CCN)c(Br)cc1OC(C)C. The molecule has 0 atom stereocenters. The Labute approximate surface area is 111 Å². The minimum absolute atomic E-state index is 0.126. The highest BCUT2D eigenvalue weighted by Crippen LogP contribution is 2.34. The van der Waals surface area contributed by atoms with Gasteiger partial charge in [-0.05, 0) is 51.4 Å². The second kappa shape index (κ2) is 6.87. The van der Waals surface area contributed by atoms with Gasteiger partial charge in [0.1, 0.15) is 0 Å². The first-order valence-corrected chi connectivity index (χ1v) is 6.69. The molecule has 2 N–H and O–H groups in total. The molecule has 3 nitrogen and oxygen atoms in total. The molecule has 0 aromatic heterocycles. The number of rotatable bonds is 6. The molecule has 0 aliphatic rings. The van der Waals surface area contributed by atoms with Gasteiger partial charge in [0.15, 0.2) is 11.5 Å². The predicted molar refractivity (Wildman–Crippen MR) is 73.8 cm³/mol. The molecule has 4 heteroatoms. The number of halogens is 1. The summed E-state index contributed by atoms with van der Waals surface area (Å²) in [7, 11) is 0. The van der Waals surface area contributed by atoms with Crippen molar-refractivity contribution in [3.8, 4) is 11.5 Å². The molecule has 0 spiro atoms. The molecule has 0 aliphatic heterocycles. The van der Waals surface area contributed by atoms with Crippen LogP contribution < -0.4 is 15.2 Å². The first-order chi connectivity index (χ1) is 8.08. The van der Waals surface area contributed by atoms with Gasteiger partial charge in [-0.3, -0.25) is 0 Å². The zero-order valence-electron chi connectivity index (χ0n) is 10.6. The molecule has 1 aromatic rings. The molecule has 0 aliphatic carbocycles. The van der Waals surface area contributed by atoms with Gasteiger partial charge in [-0.2, -0.15) is 0 Å². The lowest BCUT2D eigenvalue weighted by Crippen LogP contribution is -2.09. The van der Waals surface area contributed by atoms with Crippen LogP contribution in [0.1, 0.15) is 26.3 Å². The highest BCUT2D eigenvalue weighted by Gasteiger charge is 2.11. The van der Waals surface area contributed by atoms with E-state index in [2.05, 4.69) is 15.9 Å². The number of benzene rings is 1. The van der Waals surface area contributed by atoms with Gasteiger partial charge in [-0.1, -0.05) is 15.9 Å². The molecule has 17 heavy (non-hydrogen) atoms. The van der Waals surface area contributed by atoms with E-state index in [4.69, 9.17) is 15.2 Å². The van der Waals surface area contributed by atoms with E-state index in [0.29, 0.717) is 13.2 Å². The zero-order valence-corrected chi connectivity index (χ0v) is 12.2. The van der Waals surface area contributed by atoms with E-state index in [0.717, 1.165) is 28.0 Å². The van der Waals surface area contributed by atoms with Crippen LogP contribution in [0.25, 0.3) is 0 Å². The van der Waals surface area contributed by atoms with Gasteiger partial charge >= 0.3 is 0 Å². The van der Waals surface area contributed by atoms with E-state index >= 15 is 0 Å². The quantitative estimate of drug-likeness (QED) is 0.878. The Hall–Kier alpha value is -0.740. The number of hydrogen-bond donors (Lipinski definition) is 1. The third-order valence-corrected chi connectivity index (χ3v) is 2.93. The maximum absolute atomic E-state index is 5.73. The number of hydrogen-bond acceptors (Lipinski definition) is 3. The monoisotopic (exact) mass is 301 g/mol. The second-order valence-corrected chi connectivity index (χ2v) is 4.88. The van der Waals surface area contributed by atoms with Crippen LogP contribution in [0.4, 0.5) is 0 Å². The Morgan fingerprint density at radius 1 is 1.29 bits per heavy atom. The van der Waals surface area contributed by atoms with Crippen LogP contribution in [0.15, 0.2) is 16.6 Å². The summed E-state index contributed by atoms with van der Waals surface area (Å²) in [5.41, 5.74) is 6.72. The van der Waals surface area contributed by atoms with Crippen molar-refractivity contribution in [3.05, 3.63) is 22.2 Å². The standard InChI is InChI=1S/C13H20BrNO2/c1-4-16-12-7-10(5-6-15)11(14)8-13(12)17-9(2)3/h7-9H,4-6,15H2,1-3H3. The van der Waals surface area contributed by atoms with Gasteiger partial charge in [0.2, 0.25) is 0 Å². The molecule has 0 unspecified atom stereocenters. The van der Waals surface area contributed by atoms with Crippen molar-refractivity contribution in [2.45, 2.75) is 33.3 Å². The average molecular weight is 302 g/mol. The summed E-state index contributed by atoms with van der Waals surface area (Å²) in [5.74, 6) is 1.56. The van der Waals surface area contributed by atoms with Crippen LogP contribution in [-0.2, 0) is 6.42 Å². The molecule has 1 rings (SSSR count). The number of nitrogens with two attached hydrogens (primary N) is 1. The van der Waals surface area contributed by atoms with Gasteiger partial charge in [-0.25, -0.2) is 0 Å². The van der Waals surface area contributed by atoms with Gasteiger partial charge in [-0.15, -0.1) is 0 Å². The summed E-state index contributed by atoms with van der Waals surface area (Å²) in [6.07, 6.45) is 0.948. The minimum Gasteiger partial charge on any atom is -0.490 e. The lowest BCUT2D eigenvalue weighted by molar-refractivity contribution is 0.223. The molecule has 96 valence electrons. The normalized spacial score (nSPS) is 10.7. The minimum atomic E-state index is 0.126. The Bertz CT molecular complexity index is 367. The van der Waals surface area contributed by atoms with Crippen molar-refractivity contribution in [2.75, 3.05) is 13.2 Å². The predicted octanol–water partition coefficient (Wildman–Crippen LogP) is 3.14. The average Bonchev–Trinajstić information content (AvgIpc) is 2.24. The van der Waals surface area contributed by atoms with Gasteiger partial charge in [0.25, 0.3) is 0 Å². The van der Waals surface area contributed by atoms with Crippen LogP contribution in [0.5, 0.6) is 11.5 Å². The van der Waals surface area contributed by atoms with Crippen molar-refractivity contribution < 1.29 is 9.47 Å². The summed E-state index contributed by atoms with van der Waals surface area (Å²) in [6, 6.07) is 3.95. The van der Waals surface area contributed by atoms with E-state index < -0.39 is 0 Å². The molecule has 0 saturated heterocycles. The smallest absolute Gasteiger partial charge is 0.162 e. The van der Waals surface area contributed by atoms with Gasteiger partial charge in [0.05, 0.1) is 12.7 Å². The van der Waals surface area contributed by atoms with Crippen molar-refractivity contribution >= 4 is 15.9 Å². The van der Waals surface area contributed by atoms with E-state index in [1.165, 1.54) is 0 Å². The zero-order chi connectivity index (χ0) is 12.8. The van der Waals surface area contributed by atoms with E-state index in [-0.39, 0.29) is 6.10 Å². The lowest BCUT2D eigenvalue weighted by atomic mass is 10.1. The summed E-state index contributed by atoms with van der Waals surface area (Å²) >= 11 is 3.53. The summed E-state index contributed by atoms with van der Waals surface area (Å²) < 4.78 is 12.3. The van der Waals surface area contributed by atoms with Crippen LogP contribution in [0, 0.1) is 0 Å². The summed E-state index contributed by atoms with van der Waals surface area (Å²) in [4.78, 5) is 0. The van der Waals surface area contributed by atoms with E-state index in [9.17, 15) is 0 Å². The molecule has 0 heterocycles. The maximum Gasteiger partial charge on any atom is 0.162 e. The highest BCUT2D eigenvalue weighted by atomic mass is 79.9. The molecule has 0 fully saturated rings. The fourth-order valence-electron chi connectivity index (χ4n) is 1.54. The van der Waals surface area contributed by atoms with Gasteiger partial charge in [0, 0.05) is 4.47 Å². The summed E-state index contributed by atoms with van der Waals surface area (Å²) in [6.45, 7) is 7.20. The third-order valence-electron chi connectivity index (χ3n) is 2.19. The molecule has 0 amide bonds. The Balaban J connectivity index is 3.06. The fraction of sp³-hybridized carbons (Fsp3) is 0.538. The third kappa shape index (κ3) is 4.21. The molecular formula is C13H20BrNO2. The van der Waals surface area contributed by atoms with E-state index in [1.807, 2.05) is 32.9 Å². The van der Waals surface area contributed by atoms with Crippen LogP contribution in [0.2, 0.25) is 0 Å². The summed E-state index contributed by atoms with van der Waals surface area (Å²) in [5, 5.41) is 0. The lowest BCUT2D eigenvalue weighted by Gasteiger charge is -2.16. The van der Waals surface area contributed by atoms with Crippen molar-refractivity contribution in [3.63, 3.8) is 0 Å². The first kappa shape index (κ1) is 14.3. The maximum atomic E-state index is 5.73. The largest absolute Gasteiger partial charge is 0.490 e. The van der Waals surface area contributed by atoms with Crippen molar-refractivity contribution in [1.29, 1.82) is 0 Å². The molecule has 0 saturated carbocycles. The Kier molecular flexibility index (Phi) is 5.78. The molecular weight excluding hydrogens is 282 g/mol. The highest BCUT2D eigenvalue weighted by molar-refractivity contribution is 9.10. The Morgan fingerprint density at radius 3 is 2.53 bits per heavy atom. The first-order valence-electron chi connectivity index (χ1n) is 5.90. The van der Waals surface area contributed by atoms with Crippen molar-refractivity contribution in [2.24, 2.45) is 5.73 Å². The molecule has 1 aromatic carbocycles. The van der Waals surface area contributed by atoms with E-state index in [1.54, 1.807) is 0 Å². The molecule has 0 radical (unpaired) electrons. The van der Waals surface area contributed by atoms with Crippen LogP contribution >= 0.6 is 15.9 Å². The second-order valence-electron chi connectivity index (χ2n) is 4.03.